The Hall–Kier alpha value is -0.760. The molecule has 0 spiro atoms. The van der Waals surface area contributed by atoms with Crippen molar-refractivity contribution in [3.8, 4) is 0 Å². The molecule has 1 aliphatic carbocycles. The van der Waals surface area contributed by atoms with Gasteiger partial charge in [0.25, 0.3) is 0 Å². The molecule has 88 valence electrons. The van der Waals surface area contributed by atoms with E-state index in [0.717, 1.165) is 11.6 Å². The van der Waals surface area contributed by atoms with Crippen LogP contribution in [0.15, 0.2) is 18.3 Å². The van der Waals surface area contributed by atoms with E-state index in [9.17, 15) is 0 Å². The van der Waals surface area contributed by atoms with E-state index in [1.165, 1.54) is 32.1 Å². The van der Waals surface area contributed by atoms with Gasteiger partial charge in [0, 0.05) is 12.2 Å². The van der Waals surface area contributed by atoms with Gasteiger partial charge in [0.05, 0.1) is 5.69 Å². The zero-order chi connectivity index (χ0) is 11.4. The van der Waals surface area contributed by atoms with Gasteiger partial charge in [0.15, 0.2) is 5.15 Å². The Labute approximate surface area is 102 Å². The fourth-order valence-corrected chi connectivity index (χ4v) is 2.68. The van der Waals surface area contributed by atoms with E-state index in [0.29, 0.717) is 11.2 Å². The van der Waals surface area contributed by atoms with Gasteiger partial charge in [-0.25, -0.2) is 4.98 Å². The zero-order valence-corrected chi connectivity index (χ0v) is 10.5. The lowest BCUT2D eigenvalue weighted by Crippen LogP contribution is -2.27. The third kappa shape index (κ3) is 2.88. The predicted octanol–water partition coefficient (Wildman–Crippen LogP) is 4.12. The number of nitrogens with one attached hydrogen (secondary N) is 1. The van der Waals surface area contributed by atoms with Gasteiger partial charge in [-0.1, -0.05) is 37.8 Å². The van der Waals surface area contributed by atoms with E-state index < -0.39 is 0 Å². The molecule has 1 N–H and O–H groups in total. The van der Waals surface area contributed by atoms with Gasteiger partial charge in [-0.2, -0.15) is 0 Å². The van der Waals surface area contributed by atoms with E-state index in [4.69, 9.17) is 11.6 Å². The minimum atomic E-state index is 0.570. The Morgan fingerprint density at radius 3 is 3.12 bits per heavy atom. The number of hydrogen-bond donors (Lipinski definition) is 1. The molecule has 0 saturated heterocycles. The van der Waals surface area contributed by atoms with Crippen molar-refractivity contribution in [3.05, 3.63) is 23.5 Å². The van der Waals surface area contributed by atoms with E-state index in [2.05, 4.69) is 17.2 Å². The van der Waals surface area contributed by atoms with Gasteiger partial charge < -0.3 is 5.32 Å². The number of aromatic nitrogens is 1. The Balaban J connectivity index is 1.97. The number of halogens is 1. The second kappa shape index (κ2) is 5.53. The highest BCUT2D eigenvalue weighted by atomic mass is 35.5. The van der Waals surface area contributed by atoms with Crippen molar-refractivity contribution in [1.29, 1.82) is 0 Å². The first-order valence-electron chi connectivity index (χ1n) is 6.16. The molecule has 0 aromatic carbocycles. The predicted molar refractivity (Wildman–Crippen MR) is 68.9 cm³/mol. The van der Waals surface area contributed by atoms with Crippen molar-refractivity contribution in [2.75, 3.05) is 5.32 Å². The normalized spacial score (nSPS) is 25.4. The van der Waals surface area contributed by atoms with Gasteiger partial charge in [-0.05, 0) is 30.9 Å². The van der Waals surface area contributed by atoms with E-state index >= 15 is 0 Å². The summed E-state index contributed by atoms with van der Waals surface area (Å²) in [7, 11) is 0. The zero-order valence-electron chi connectivity index (χ0n) is 9.75. The largest absolute Gasteiger partial charge is 0.380 e. The second-order valence-corrected chi connectivity index (χ2v) is 4.98. The van der Waals surface area contributed by atoms with Crippen LogP contribution in [0.25, 0.3) is 0 Å². The number of pyridine rings is 1. The summed E-state index contributed by atoms with van der Waals surface area (Å²) in [5.41, 5.74) is 0.978. The smallest absolute Gasteiger partial charge is 0.152 e. The summed E-state index contributed by atoms with van der Waals surface area (Å²) in [6, 6.07) is 4.50. The van der Waals surface area contributed by atoms with Crippen LogP contribution in [0.1, 0.15) is 39.0 Å². The van der Waals surface area contributed by atoms with Gasteiger partial charge in [0.2, 0.25) is 0 Å². The van der Waals surface area contributed by atoms with Gasteiger partial charge in [0.1, 0.15) is 0 Å². The minimum Gasteiger partial charge on any atom is -0.380 e. The summed E-state index contributed by atoms with van der Waals surface area (Å²) >= 11 is 6.04. The van der Waals surface area contributed by atoms with Crippen molar-refractivity contribution < 1.29 is 0 Å². The fourth-order valence-electron chi connectivity index (χ4n) is 2.51. The molecule has 0 radical (unpaired) electrons. The summed E-state index contributed by atoms with van der Waals surface area (Å²) in [5.74, 6) is 0.877. The summed E-state index contributed by atoms with van der Waals surface area (Å²) in [5, 5.41) is 4.10. The standard InChI is InChI=1S/C13H19ClN2/c1-2-10-5-3-6-11(9-10)16-12-7-4-8-15-13(12)14/h4,7-8,10-11,16H,2-3,5-6,9H2,1H3. The first kappa shape index (κ1) is 11.7. The maximum absolute atomic E-state index is 6.04. The molecule has 2 nitrogen and oxygen atoms in total. The first-order valence-corrected chi connectivity index (χ1v) is 6.54. The van der Waals surface area contributed by atoms with Crippen LogP contribution in [-0.2, 0) is 0 Å². The van der Waals surface area contributed by atoms with Crippen molar-refractivity contribution in [2.24, 2.45) is 5.92 Å². The van der Waals surface area contributed by atoms with Crippen molar-refractivity contribution >= 4 is 17.3 Å². The third-order valence-corrected chi connectivity index (χ3v) is 3.78. The summed E-state index contributed by atoms with van der Waals surface area (Å²) < 4.78 is 0. The van der Waals surface area contributed by atoms with Gasteiger partial charge in [-0.15, -0.1) is 0 Å². The summed E-state index contributed by atoms with van der Waals surface area (Å²) in [4.78, 5) is 4.09. The van der Waals surface area contributed by atoms with Crippen molar-refractivity contribution in [1.82, 2.24) is 4.98 Å². The van der Waals surface area contributed by atoms with Crippen LogP contribution in [0.2, 0.25) is 5.15 Å². The molecule has 0 amide bonds. The van der Waals surface area contributed by atoms with Crippen molar-refractivity contribution in [3.63, 3.8) is 0 Å². The fraction of sp³-hybridized carbons (Fsp3) is 0.615. The van der Waals surface area contributed by atoms with Crippen LogP contribution in [0.5, 0.6) is 0 Å². The van der Waals surface area contributed by atoms with Crippen LogP contribution >= 0.6 is 11.6 Å². The van der Waals surface area contributed by atoms with Crippen molar-refractivity contribution in [2.45, 2.75) is 45.1 Å². The van der Waals surface area contributed by atoms with E-state index in [-0.39, 0.29) is 0 Å². The number of anilines is 1. The average molecular weight is 239 g/mol. The highest BCUT2D eigenvalue weighted by Gasteiger charge is 2.20. The maximum atomic E-state index is 6.04. The lowest BCUT2D eigenvalue weighted by atomic mass is 9.84. The molecular formula is C13H19ClN2. The highest BCUT2D eigenvalue weighted by molar-refractivity contribution is 6.31. The van der Waals surface area contributed by atoms with Crippen LogP contribution < -0.4 is 5.32 Å². The number of rotatable bonds is 3. The molecule has 2 unspecified atom stereocenters. The first-order chi connectivity index (χ1) is 7.79. The highest BCUT2D eigenvalue weighted by Crippen LogP contribution is 2.29. The lowest BCUT2D eigenvalue weighted by molar-refractivity contribution is 0.327. The molecule has 2 rings (SSSR count). The summed E-state index contributed by atoms with van der Waals surface area (Å²) in [6.45, 7) is 2.28. The van der Waals surface area contributed by atoms with Gasteiger partial charge >= 0.3 is 0 Å². The Morgan fingerprint density at radius 1 is 1.50 bits per heavy atom. The minimum absolute atomic E-state index is 0.570. The Bertz CT molecular complexity index is 340. The van der Waals surface area contributed by atoms with Gasteiger partial charge in [-0.3, -0.25) is 0 Å². The molecule has 0 bridgehead atoms. The molecule has 16 heavy (non-hydrogen) atoms. The molecule has 0 aliphatic heterocycles. The van der Waals surface area contributed by atoms with Crippen LogP contribution in [0.3, 0.4) is 0 Å². The lowest BCUT2D eigenvalue weighted by Gasteiger charge is -2.29. The summed E-state index contributed by atoms with van der Waals surface area (Å²) in [6.07, 6.45) is 8.25. The van der Waals surface area contributed by atoms with E-state index in [1.54, 1.807) is 6.20 Å². The molecule has 1 saturated carbocycles. The SMILES string of the molecule is CCC1CCCC(Nc2cccnc2Cl)C1. The van der Waals surface area contributed by atoms with E-state index in [1.807, 2.05) is 12.1 Å². The Morgan fingerprint density at radius 2 is 2.38 bits per heavy atom. The average Bonchev–Trinajstić information content (AvgIpc) is 2.32. The third-order valence-electron chi connectivity index (χ3n) is 3.48. The molecule has 3 heteroatoms. The molecule has 1 aliphatic rings. The van der Waals surface area contributed by atoms with Crippen LogP contribution in [-0.4, -0.2) is 11.0 Å². The molecule has 1 fully saturated rings. The molecular weight excluding hydrogens is 220 g/mol. The topological polar surface area (TPSA) is 24.9 Å². The quantitative estimate of drug-likeness (QED) is 0.802. The molecule has 1 heterocycles. The molecule has 1 aromatic heterocycles. The molecule has 2 atom stereocenters. The second-order valence-electron chi connectivity index (χ2n) is 4.62. The molecule has 1 aromatic rings. The van der Waals surface area contributed by atoms with Crippen LogP contribution in [0, 0.1) is 5.92 Å². The monoisotopic (exact) mass is 238 g/mol. The Kier molecular flexibility index (Phi) is 4.05. The number of hydrogen-bond acceptors (Lipinski definition) is 2. The number of nitrogens with zero attached hydrogens (tertiary/aromatic N) is 1. The van der Waals surface area contributed by atoms with Crippen LogP contribution in [0.4, 0.5) is 5.69 Å². The maximum Gasteiger partial charge on any atom is 0.152 e.